The van der Waals surface area contributed by atoms with E-state index in [1.54, 1.807) is 0 Å². The minimum Gasteiger partial charge on any atom is -0.342 e. The molecule has 1 saturated heterocycles. The number of halogens is 1. The van der Waals surface area contributed by atoms with Crippen LogP contribution >= 0.6 is 11.6 Å². The second-order valence-corrected chi connectivity index (χ2v) is 7.96. The van der Waals surface area contributed by atoms with E-state index in [2.05, 4.69) is 11.0 Å². The van der Waals surface area contributed by atoms with E-state index in [0.29, 0.717) is 19.0 Å². The molecule has 0 bridgehead atoms. The average molecular weight is 392 g/mol. The lowest BCUT2D eigenvalue weighted by Gasteiger charge is -2.25. The maximum Gasteiger partial charge on any atom is 0.236 e. The van der Waals surface area contributed by atoms with Crippen LogP contribution in [0.25, 0.3) is 0 Å². The molecule has 1 heterocycles. The lowest BCUT2D eigenvalue weighted by atomic mass is 10.1. The molecule has 0 spiro atoms. The van der Waals surface area contributed by atoms with Crippen molar-refractivity contribution in [2.24, 2.45) is 5.92 Å². The zero-order valence-corrected chi connectivity index (χ0v) is 17.1. The van der Waals surface area contributed by atoms with Gasteiger partial charge in [0.25, 0.3) is 0 Å². The number of amides is 2. The Kier molecular flexibility index (Phi) is 6.77. The Morgan fingerprint density at radius 2 is 1.93 bits per heavy atom. The van der Waals surface area contributed by atoms with Crippen LogP contribution in [0.2, 0.25) is 5.02 Å². The first-order valence-corrected chi connectivity index (χ1v) is 10.5. The van der Waals surface area contributed by atoms with E-state index in [1.807, 2.05) is 41.8 Å². The minimum absolute atomic E-state index is 0.0901. The molecule has 1 aliphatic carbocycles. The van der Waals surface area contributed by atoms with E-state index >= 15 is 0 Å². The van der Waals surface area contributed by atoms with Crippen molar-refractivity contribution in [1.82, 2.24) is 14.7 Å². The van der Waals surface area contributed by atoms with Gasteiger partial charge in [0.2, 0.25) is 11.8 Å². The topological polar surface area (TPSA) is 43.9 Å². The van der Waals surface area contributed by atoms with Gasteiger partial charge in [-0.15, -0.1) is 0 Å². The predicted octanol–water partition coefficient (Wildman–Crippen LogP) is 2.85. The number of hydrogen-bond donors (Lipinski definition) is 0. The van der Waals surface area contributed by atoms with Gasteiger partial charge in [0.05, 0.1) is 6.54 Å². The third kappa shape index (κ3) is 5.02. The van der Waals surface area contributed by atoms with Crippen LogP contribution in [0.1, 0.15) is 38.2 Å². The first-order chi connectivity index (χ1) is 13.0. The maximum atomic E-state index is 12.9. The first-order valence-electron chi connectivity index (χ1n) is 10.1. The van der Waals surface area contributed by atoms with Crippen LogP contribution in [0.4, 0.5) is 0 Å². The van der Waals surface area contributed by atoms with Gasteiger partial charge in [-0.2, -0.15) is 0 Å². The van der Waals surface area contributed by atoms with Gasteiger partial charge in [-0.1, -0.05) is 23.7 Å². The maximum absolute atomic E-state index is 12.9. The molecule has 148 valence electrons. The molecule has 2 atom stereocenters. The van der Waals surface area contributed by atoms with Crippen molar-refractivity contribution in [3.63, 3.8) is 0 Å². The lowest BCUT2D eigenvalue weighted by Crippen LogP contribution is -2.42. The van der Waals surface area contributed by atoms with Gasteiger partial charge in [-0.3, -0.25) is 14.5 Å². The number of likely N-dealkylation sites (N-methyl/N-ethyl adjacent to an activating group) is 1. The fourth-order valence-corrected chi connectivity index (χ4v) is 4.22. The van der Waals surface area contributed by atoms with Crippen LogP contribution < -0.4 is 0 Å². The average Bonchev–Trinajstić information content (AvgIpc) is 3.47. The van der Waals surface area contributed by atoms with E-state index in [9.17, 15) is 9.59 Å². The number of hydrogen-bond acceptors (Lipinski definition) is 3. The normalized spacial score (nSPS) is 23.0. The van der Waals surface area contributed by atoms with E-state index < -0.39 is 0 Å². The van der Waals surface area contributed by atoms with Gasteiger partial charge in [0.15, 0.2) is 0 Å². The third-order valence-corrected chi connectivity index (χ3v) is 5.99. The molecule has 3 rings (SSSR count). The van der Waals surface area contributed by atoms with E-state index in [4.69, 9.17) is 11.6 Å². The highest BCUT2D eigenvalue weighted by Crippen LogP contribution is 2.48. The number of benzene rings is 1. The molecule has 6 heteroatoms. The highest BCUT2D eigenvalue weighted by Gasteiger charge is 2.45. The van der Waals surface area contributed by atoms with Crippen molar-refractivity contribution in [3.05, 3.63) is 34.9 Å². The summed E-state index contributed by atoms with van der Waals surface area (Å²) in [5.41, 5.74) is 1.17. The van der Waals surface area contributed by atoms with Crippen molar-refractivity contribution >= 4 is 23.4 Å². The number of rotatable bonds is 6. The zero-order chi connectivity index (χ0) is 19.4. The second-order valence-electron chi connectivity index (χ2n) is 7.52. The fourth-order valence-electron chi connectivity index (χ4n) is 4.03. The van der Waals surface area contributed by atoms with Crippen molar-refractivity contribution in [3.8, 4) is 0 Å². The van der Waals surface area contributed by atoms with Crippen LogP contribution in [0.3, 0.4) is 0 Å². The van der Waals surface area contributed by atoms with Gasteiger partial charge in [-0.25, -0.2) is 0 Å². The Morgan fingerprint density at radius 3 is 2.63 bits per heavy atom. The van der Waals surface area contributed by atoms with Crippen LogP contribution in [-0.4, -0.2) is 72.3 Å². The molecule has 0 radical (unpaired) electrons. The van der Waals surface area contributed by atoms with Crippen LogP contribution in [0, 0.1) is 5.92 Å². The molecule has 2 fully saturated rings. The Bertz CT molecular complexity index is 677. The van der Waals surface area contributed by atoms with Crippen molar-refractivity contribution in [2.45, 2.75) is 32.6 Å². The Balaban J connectivity index is 1.51. The Labute approximate surface area is 167 Å². The minimum atomic E-state index is 0.0901. The zero-order valence-electron chi connectivity index (χ0n) is 16.4. The van der Waals surface area contributed by atoms with Crippen LogP contribution in [-0.2, 0) is 9.59 Å². The SMILES string of the molecule is CCN(CC)C(=O)CN1CCCN(C(=O)C2CC2c2cccc(Cl)c2)CC1. The summed E-state index contributed by atoms with van der Waals surface area (Å²) in [5, 5.41) is 0.730. The number of carbonyl (C=O) groups is 2. The summed E-state index contributed by atoms with van der Waals surface area (Å²) in [7, 11) is 0. The Morgan fingerprint density at radius 1 is 1.15 bits per heavy atom. The summed E-state index contributed by atoms with van der Waals surface area (Å²) >= 11 is 6.08. The first kappa shape index (κ1) is 20.2. The summed E-state index contributed by atoms with van der Waals surface area (Å²) in [6, 6.07) is 7.86. The summed E-state index contributed by atoms with van der Waals surface area (Å²) in [4.78, 5) is 31.3. The van der Waals surface area contributed by atoms with Crippen LogP contribution in [0.15, 0.2) is 24.3 Å². The summed E-state index contributed by atoms with van der Waals surface area (Å²) in [5.74, 6) is 0.840. The largest absolute Gasteiger partial charge is 0.342 e. The number of carbonyl (C=O) groups excluding carboxylic acids is 2. The van der Waals surface area contributed by atoms with Gasteiger partial charge >= 0.3 is 0 Å². The second kappa shape index (κ2) is 9.07. The molecule has 0 N–H and O–H groups in total. The van der Waals surface area contributed by atoms with E-state index in [-0.39, 0.29) is 17.7 Å². The van der Waals surface area contributed by atoms with Gasteiger partial charge in [-0.05, 0) is 50.3 Å². The van der Waals surface area contributed by atoms with Crippen LogP contribution in [0.5, 0.6) is 0 Å². The predicted molar refractivity (Wildman–Crippen MR) is 108 cm³/mol. The highest BCUT2D eigenvalue weighted by atomic mass is 35.5. The third-order valence-electron chi connectivity index (χ3n) is 5.76. The molecule has 1 aromatic carbocycles. The molecule has 2 unspecified atom stereocenters. The number of nitrogens with zero attached hydrogens (tertiary/aromatic N) is 3. The molecule has 1 saturated carbocycles. The van der Waals surface area contributed by atoms with Crippen molar-refractivity contribution in [1.29, 1.82) is 0 Å². The molecule has 0 aromatic heterocycles. The smallest absolute Gasteiger partial charge is 0.236 e. The van der Waals surface area contributed by atoms with E-state index in [0.717, 1.165) is 50.6 Å². The van der Waals surface area contributed by atoms with Crippen molar-refractivity contribution < 1.29 is 9.59 Å². The highest BCUT2D eigenvalue weighted by molar-refractivity contribution is 6.30. The molecule has 1 aromatic rings. The quantitative estimate of drug-likeness (QED) is 0.749. The molecular weight excluding hydrogens is 362 g/mol. The van der Waals surface area contributed by atoms with Gasteiger partial charge in [0, 0.05) is 50.2 Å². The lowest BCUT2D eigenvalue weighted by molar-refractivity contribution is -0.132. The van der Waals surface area contributed by atoms with Gasteiger partial charge in [0.1, 0.15) is 0 Å². The Hall–Kier alpha value is -1.59. The summed E-state index contributed by atoms with van der Waals surface area (Å²) in [6.45, 7) is 9.12. The summed E-state index contributed by atoms with van der Waals surface area (Å²) < 4.78 is 0. The standard InChI is InChI=1S/C21H30ClN3O2/c1-3-24(4-2)20(26)15-23-9-6-10-25(12-11-23)21(27)19-14-18(19)16-7-5-8-17(22)13-16/h5,7-8,13,18-19H,3-4,6,9-12,14-15H2,1-2H3. The van der Waals surface area contributed by atoms with E-state index in [1.165, 1.54) is 5.56 Å². The van der Waals surface area contributed by atoms with Crippen molar-refractivity contribution in [2.75, 3.05) is 45.8 Å². The molecule has 27 heavy (non-hydrogen) atoms. The summed E-state index contributed by atoms with van der Waals surface area (Å²) in [6.07, 6.45) is 1.84. The molecule has 2 amide bonds. The van der Waals surface area contributed by atoms with Gasteiger partial charge < -0.3 is 9.80 Å². The molecule has 5 nitrogen and oxygen atoms in total. The molecule has 1 aliphatic heterocycles. The molecule has 2 aliphatic rings. The fraction of sp³-hybridized carbons (Fsp3) is 0.619. The molecular formula is C21H30ClN3O2. The monoisotopic (exact) mass is 391 g/mol.